The van der Waals surface area contributed by atoms with Crippen LogP contribution in [0.4, 0.5) is 5.95 Å². The van der Waals surface area contributed by atoms with Crippen molar-refractivity contribution in [1.29, 1.82) is 0 Å². The van der Waals surface area contributed by atoms with E-state index >= 15 is 0 Å². The van der Waals surface area contributed by atoms with Crippen molar-refractivity contribution in [2.75, 3.05) is 25.5 Å². The van der Waals surface area contributed by atoms with Gasteiger partial charge in [-0.2, -0.15) is 20.1 Å². The number of hydrogen-bond donors (Lipinski definition) is 1. The first-order chi connectivity index (χ1) is 10.0. The predicted molar refractivity (Wildman–Crippen MR) is 78.5 cm³/mol. The molecule has 1 N–H and O–H groups in total. The molecule has 0 aliphatic carbocycles. The molecule has 21 heavy (non-hydrogen) atoms. The maximum Gasteiger partial charge on any atom is 0.256 e. The molecule has 1 amide bonds. The van der Waals surface area contributed by atoms with E-state index in [2.05, 4.69) is 25.4 Å². The molecule has 0 bridgehead atoms. The fourth-order valence-corrected chi connectivity index (χ4v) is 1.96. The van der Waals surface area contributed by atoms with Crippen molar-refractivity contribution in [3.63, 3.8) is 0 Å². The highest BCUT2D eigenvalue weighted by Crippen LogP contribution is 2.13. The highest BCUT2D eigenvalue weighted by molar-refractivity contribution is 6.28. The van der Waals surface area contributed by atoms with Gasteiger partial charge in [0, 0.05) is 33.0 Å². The average molecular weight is 310 g/mol. The van der Waals surface area contributed by atoms with Gasteiger partial charge in [-0.1, -0.05) is 6.92 Å². The van der Waals surface area contributed by atoms with Crippen LogP contribution in [-0.4, -0.2) is 51.3 Å². The van der Waals surface area contributed by atoms with Crippen LogP contribution in [0.5, 0.6) is 0 Å². The molecule has 0 aromatic carbocycles. The lowest BCUT2D eigenvalue weighted by Crippen LogP contribution is -2.35. The van der Waals surface area contributed by atoms with Crippen molar-refractivity contribution < 1.29 is 4.79 Å². The van der Waals surface area contributed by atoms with Crippen LogP contribution >= 0.6 is 11.6 Å². The topological polar surface area (TPSA) is 88.8 Å². The minimum Gasteiger partial charge on any atom is -0.359 e. The third-order valence-electron chi connectivity index (χ3n) is 2.88. The summed E-state index contributed by atoms with van der Waals surface area (Å²) in [6, 6.07) is 1.76. The number of halogens is 1. The highest BCUT2D eigenvalue weighted by Gasteiger charge is 2.17. The Kier molecular flexibility index (Phi) is 4.69. The smallest absolute Gasteiger partial charge is 0.256 e. The van der Waals surface area contributed by atoms with Crippen molar-refractivity contribution in [2.45, 2.75) is 6.92 Å². The Morgan fingerprint density at radius 2 is 2.24 bits per heavy atom. The van der Waals surface area contributed by atoms with E-state index in [0.29, 0.717) is 18.4 Å². The summed E-state index contributed by atoms with van der Waals surface area (Å²) in [5.41, 5.74) is 0. The van der Waals surface area contributed by atoms with Gasteiger partial charge in [0.25, 0.3) is 5.95 Å². The van der Waals surface area contributed by atoms with Crippen LogP contribution in [0, 0.1) is 5.92 Å². The van der Waals surface area contributed by atoms with Gasteiger partial charge in [-0.15, -0.1) is 0 Å². The molecular formula is C12H16ClN7O. The Hall–Kier alpha value is -2.22. The Morgan fingerprint density at radius 1 is 1.48 bits per heavy atom. The van der Waals surface area contributed by atoms with E-state index in [9.17, 15) is 4.79 Å². The van der Waals surface area contributed by atoms with Gasteiger partial charge in [0.15, 0.2) is 0 Å². The zero-order valence-electron chi connectivity index (χ0n) is 12.0. The van der Waals surface area contributed by atoms with Crippen molar-refractivity contribution >= 4 is 23.5 Å². The van der Waals surface area contributed by atoms with Gasteiger partial charge in [0.1, 0.15) is 0 Å². The lowest BCUT2D eigenvalue weighted by atomic mass is 10.1. The third kappa shape index (κ3) is 3.66. The van der Waals surface area contributed by atoms with E-state index in [4.69, 9.17) is 11.6 Å². The number of amides is 1. The van der Waals surface area contributed by atoms with Gasteiger partial charge in [-0.3, -0.25) is 4.79 Å². The molecule has 0 radical (unpaired) electrons. The van der Waals surface area contributed by atoms with Crippen molar-refractivity contribution in [1.82, 2.24) is 30.0 Å². The lowest BCUT2D eigenvalue weighted by molar-refractivity contribution is -0.123. The van der Waals surface area contributed by atoms with E-state index in [-0.39, 0.29) is 17.1 Å². The summed E-state index contributed by atoms with van der Waals surface area (Å²) < 4.78 is 1.49. The van der Waals surface area contributed by atoms with Crippen LogP contribution in [0.3, 0.4) is 0 Å². The van der Waals surface area contributed by atoms with Gasteiger partial charge in [-0.05, 0) is 17.7 Å². The molecule has 0 saturated heterocycles. The van der Waals surface area contributed by atoms with Gasteiger partial charge >= 0.3 is 0 Å². The number of hydrogen-bond acceptors (Lipinski definition) is 6. The molecule has 9 heteroatoms. The number of carbonyl (C=O) groups is 1. The molecule has 0 aliphatic heterocycles. The summed E-state index contributed by atoms with van der Waals surface area (Å²) in [7, 11) is 3.40. The van der Waals surface area contributed by atoms with E-state index in [1.807, 2.05) is 6.92 Å². The van der Waals surface area contributed by atoms with Crippen LogP contribution in [0.25, 0.3) is 5.95 Å². The molecule has 2 rings (SSSR count). The summed E-state index contributed by atoms with van der Waals surface area (Å²) in [4.78, 5) is 25.7. The number of nitrogens with zero attached hydrogens (tertiary/aromatic N) is 6. The summed E-state index contributed by atoms with van der Waals surface area (Å²) in [5, 5.41) is 6.73. The molecule has 0 aliphatic rings. The minimum absolute atomic E-state index is 0.0469. The fraction of sp³-hybridized carbons (Fsp3) is 0.417. The number of aromatic nitrogens is 5. The van der Waals surface area contributed by atoms with Crippen molar-refractivity contribution in [3.05, 3.63) is 23.7 Å². The second-order valence-electron chi connectivity index (χ2n) is 4.55. The fourth-order valence-electron chi connectivity index (χ4n) is 1.81. The largest absolute Gasteiger partial charge is 0.359 e. The molecule has 2 heterocycles. The van der Waals surface area contributed by atoms with E-state index in [1.54, 1.807) is 37.5 Å². The second kappa shape index (κ2) is 6.49. The van der Waals surface area contributed by atoms with Gasteiger partial charge in [0.05, 0.1) is 5.92 Å². The number of anilines is 1. The van der Waals surface area contributed by atoms with Gasteiger partial charge in [0.2, 0.25) is 17.1 Å². The van der Waals surface area contributed by atoms with E-state index in [0.717, 1.165) is 0 Å². The molecule has 0 fully saturated rings. The summed E-state index contributed by atoms with van der Waals surface area (Å²) in [6.45, 7) is 2.28. The molecular weight excluding hydrogens is 294 g/mol. The zero-order valence-corrected chi connectivity index (χ0v) is 12.7. The molecule has 0 spiro atoms. The summed E-state index contributed by atoms with van der Waals surface area (Å²) in [5.74, 6) is 0.462. The lowest BCUT2D eigenvalue weighted by Gasteiger charge is -2.20. The number of carbonyl (C=O) groups excluding carboxylic acids is 1. The second-order valence-corrected chi connectivity index (χ2v) is 4.89. The van der Waals surface area contributed by atoms with E-state index in [1.165, 1.54) is 4.68 Å². The Bertz CT molecular complexity index is 616. The summed E-state index contributed by atoms with van der Waals surface area (Å²) in [6.07, 6.45) is 3.33. The Labute approximate surface area is 127 Å². The van der Waals surface area contributed by atoms with Gasteiger partial charge in [-0.25, -0.2) is 4.68 Å². The molecule has 2 aromatic rings. The highest BCUT2D eigenvalue weighted by atomic mass is 35.5. The summed E-state index contributed by atoms with van der Waals surface area (Å²) >= 11 is 5.93. The SMILES string of the molecule is CNC(=O)C(C)CN(C)c1nc(Cl)nc(-n2cccn2)n1. The zero-order chi connectivity index (χ0) is 15.4. The van der Waals surface area contributed by atoms with Crippen molar-refractivity contribution in [3.8, 4) is 5.95 Å². The van der Waals surface area contributed by atoms with Crippen LogP contribution < -0.4 is 10.2 Å². The first-order valence-electron chi connectivity index (χ1n) is 6.35. The van der Waals surface area contributed by atoms with Crippen LogP contribution in [0.2, 0.25) is 5.28 Å². The normalized spacial score (nSPS) is 12.0. The molecule has 112 valence electrons. The number of nitrogens with one attached hydrogen (secondary N) is 1. The molecule has 2 aromatic heterocycles. The molecule has 0 saturated carbocycles. The maximum atomic E-state index is 11.6. The van der Waals surface area contributed by atoms with Crippen molar-refractivity contribution in [2.24, 2.45) is 5.92 Å². The van der Waals surface area contributed by atoms with E-state index < -0.39 is 0 Å². The van der Waals surface area contributed by atoms with Crippen LogP contribution in [-0.2, 0) is 4.79 Å². The third-order valence-corrected chi connectivity index (χ3v) is 3.05. The standard InChI is InChI=1S/C12H16ClN7O/c1-8(9(21)14-2)7-19(3)11-16-10(13)17-12(18-11)20-6-4-5-15-20/h4-6,8H,7H2,1-3H3,(H,14,21). The number of rotatable bonds is 5. The minimum atomic E-state index is -0.205. The van der Waals surface area contributed by atoms with Gasteiger partial charge < -0.3 is 10.2 Å². The average Bonchev–Trinajstić information content (AvgIpc) is 2.99. The van der Waals surface area contributed by atoms with Crippen LogP contribution in [0.1, 0.15) is 6.92 Å². The molecule has 8 nitrogen and oxygen atoms in total. The molecule has 1 atom stereocenters. The quantitative estimate of drug-likeness (QED) is 0.866. The van der Waals surface area contributed by atoms with Crippen LogP contribution in [0.15, 0.2) is 18.5 Å². The first-order valence-corrected chi connectivity index (χ1v) is 6.73. The Morgan fingerprint density at radius 3 is 2.86 bits per heavy atom. The maximum absolute atomic E-state index is 11.6. The molecule has 1 unspecified atom stereocenters. The Balaban J connectivity index is 2.21. The predicted octanol–water partition coefficient (Wildman–Crippen LogP) is 0.529. The monoisotopic (exact) mass is 309 g/mol. The first kappa shape index (κ1) is 15.2.